The molecule has 1 unspecified atom stereocenters. The number of esters is 1. The Bertz CT molecular complexity index is 2570. The largest absolute Gasteiger partial charge is 0.508 e. The highest BCUT2D eigenvalue weighted by Gasteiger charge is 2.39. The summed E-state index contributed by atoms with van der Waals surface area (Å²) in [6.07, 6.45) is -5.84. The molecule has 1 aromatic carbocycles. The van der Waals surface area contributed by atoms with Gasteiger partial charge in [0.05, 0.1) is 18.8 Å². The maximum atomic E-state index is 14.8. The zero-order valence-corrected chi connectivity index (χ0v) is 54.3. The van der Waals surface area contributed by atoms with Crippen molar-refractivity contribution >= 4 is 86.4 Å². The molecule has 1 aromatic heterocycles. The fourth-order valence-electron chi connectivity index (χ4n) is 9.37. The van der Waals surface area contributed by atoms with Crippen LogP contribution in [0.15, 0.2) is 29.6 Å². The number of rotatable bonds is 39. The monoisotopic (exact) mass is 1320 g/mol. The lowest BCUT2D eigenvalue weighted by Gasteiger charge is -2.39. The Morgan fingerprint density at radius 3 is 2.15 bits per heavy atom. The number of aromatic nitrogens is 1. The quantitative estimate of drug-likeness (QED) is 0.0148. The molecule has 0 bridgehead atoms. The summed E-state index contributed by atoms with van der Waals surface area (Å²) in [6.45, 7) is 11.1. The minimum Gasteiger partial charge on any atom is -0.508 e. The van der Waals surface area contributed by atoms with E-state index in [-0.39, 0.29) is 90.8 Å². The standard InChI is InChI=1S/C58H93N9O19S3/c1-9-13-47(74)86-31-67(56(81)48(33(5)10-2)63-54(80)41-14-11-12-21-66(41)8)42(32(3)4)26-43(70)55-62-39(29-87-55)53(79)60-37(25-36-16-18-38(69)19-17-36)24-35(7)52(78)64-65-58(84)85-22-23-88-89-30-40(57(82)83)61-51(77)34(6)15-20-46(73)59-27-44(71)49(75)50(76)45(72)28-68/h16-19,29,32-35,37,40-45,48-50,68-72,75-76H,9-15,20-28,30-31H2,1-8H3,(H,59,73)(H,60,79)(H,61,77)(H,63,80)(H,64,78)(H,65,84)(H,82,83)/t33-,34-,35-,37+,40+,41+,42+,43+,44-,45+,48?,49+,50+/m0/s1. The molecule has 502 valence electrons. The van der Waals surface area contributed by atoms with E-state index in [1.165, 1.54) is 29.3 Å². The number of piperidine rings is 1. The van der Waals surface area contributed by atoms with Crippen LogP contribution < -0.4 is 32.1 Å². The van der Waals surface area contributed by atoms with Crippen molar-refractivity contribution in [2.45, 2.75) is 180 Å². The van der Waals surface area contributed by atoms with E-state index in [1.807, 2.05) is 46.6 Å². The van der Waals surface area contributed by atoms with E-state index >= 15 is 0 Å². The number of carbonyl (C=O) groups excluding carboxylic acids is 8. The highest BCUT2D eigenvalue weighted by molar-refractivity contribution is 8.76. The molecule has 1 fully saturated rings. The smallest absolute Gasteiger partial charge is 0.426 e. The van der Waals surface area contributed by atoms with Gasteiger partial charge in [-0.05, 0) is 81.6 Å². The van der Waals surface area contributed by atoms with Gasteiger partial charge < -0.3 is 76.5 Å². The van der Waals surface area contributed by atoms with E-state index in [4.69, 9.17) is 14.6 Å². The maximum Gasteiger partial charge on any atom is 0.426 e. The predicted octanol–water partition coefficient (Wildman–Crippen LogP) is 1.49. The molecule has 1 aliphatic heterocycles. The van der Waals surface area contributed by atoms with Crippen LogP contribution in [-0.2, 0) is 49.5 Å². The second-order valence-electron chi connectivity index (χ2n) is 22.7. The van der Waals surface area contributed by atoms with Crippen LogP contribution in [-0.4, -0.2) is 215 Å². The van der Waals surface area contributed by atoms with E-state index < -0.39 is 140 Å². The molecule has 89 heavy (non-hydrogen) atoms. The van der Waals surface area contributed by atoms with Gasteiger partial charge in [0.1, 0.15) is 59.6 Å². The van der Waals surface area contributed by atoms with Crippen molar-refractivity contribution in [1.82, 2.24) is 46.9 Å². The average molecular weight is 1320 g/mol. The fourth-order valence-corrected chi connectivity index (χ4v) is 12.1. The summed E-state index contributed by atoms with van der Waals surface area (Å²) in [5.41, 5.74) is 5.14. The SMILES string of the molecule is CCCC(=O)OCN(C(=O)C(NC(=O)[C@H]1CCCCN1C)[C@@H](C)CC)[C@H](C[C@@H](O)c1nc(C(=O)N[C@@H](Cc2ccc(O)cc2)C[C@H](C)C(=O)NNC(=O)OCCSSC[C@@H](NC(=O)[C@@H](C)CCC(=O)NC[C@H](O)[C@@H](O)[C@H](O)[C@H](O)CO)C(=O)O)cs1)C(C)C. The van der Waals surface area contributed by atoms with Crippen LogP contribution in [0.1, 0.15) is 140 Å². The van der Waals surface area contributed by atoms with E-state index in [0.29, 0.717) is 24.8 Å². The van der Waals surface area contributed by atoms with Crippen LogP contribution in [0, 0.1) is 23.7 Å². The Hall–Kier alpha value is -5.90. The van der Waals surface area contributed by atoms with Crippen molar-refractivity contribution < 1.29 is 93.5 Å². The number of phenols is 1. The summed E-state index contributed by atoms with van der Waals surface area (Å²) >= 11 is 1.02. The van der Waals surface area contributed by atoms with Gasteiger partial charge >= 0.3 is 18.0 Å². The number of amides is 7. The molecule has 7 amide bonds. The number of hydrazine groups is 1. The van der Waals surface area contributed by atoms with Gasteiger partial charge in [-0.25, -0.2) is 20.0 Å². The molecule has 0 saturated carbocycles. The number of carboxylic acid groups (broad SMARTS) is 1. The lowest BCUT2D eigenvalue weighted by molar-refractivity contribution is -0.159. The molecule has 2 aromatic rings. The number of nitrogens with one attached hydrogen (secondary N) is 6. The number of benzene rings is 1. The first-order valence-electron chi connectivity index (χ1n) is 29.9. The number of hydrogen-bond donors (Lipinski definition) is 14. The zero-order valence-electron chi connectivity index (χ0n) is 51.8. The third-order valence-electron chi connectivity index (χ3n) is 15.2. The molecular formula is C58H93N9O19S3. The Morgan fingerprint density at radius 1 is 0.831 bits per heavy atom. The van der Waals surface area contributed by atoms with Crippen LogP contribution >= 0.6 is 32.9 Å². The van der Waals surface area contributed by atoms with Gasteiger partial charge in [0, 0.05) is 66.6 Å². The maximum absolute atomic E-state index is 14.8. The Morgan fingerprint density at radius 2 is 1.52 bits per heavy atom. The third-order valence-corrected chi connectivity index (χ3v) is 18.5. The van der Waals surface area contributed by atoms with E-state index in [2.05, 4.69) is 37.1 Å². The summed E-state index contributed by atoms with van der Waals surface area (Å²) in [5, 5.41) is 91.7. The number of nitrogens with zero attached hydrogens (tertiary/aromatic N) is 3. The molecule has 2 heterocycles. The van der Waals surface area contributed by atoms with Crippen molar-refractivity contribution in [2.75, 3.05) is 51.6 Å². The topological polar surface area (TPSA) is 425 Å². The zero-order chi connectivity index (χ0) is 66.5. The first-order chi connectivity index (χ1) is 42.1. The van der Waals surface area contributed by atoms with Crippen LogP contribution in [0.2, 0.25) is 0 Å². The van der Waals surface area contributed by atoms with Crippen LogP contribution in [0.4, 0.5) is 4.79 Å². The Balaban J connectivity index is 1.57. The number of ether oxygens (including phenoxy) is 2. The van der Waals surface area contributed by atoms with E-state index in [0.717, 1.165) is 52.3 Å². The van der Waals surface area contributed by atoms with Crippen LogP contribution in [0.5, 0.6) is 5.75 Å². The van der Waals surface area contributed by atoms with Gasteiger partial charge in [0.15, 0.2) is 6.73 Å². The average Bonchev–Trinajstić information content (AvgIpc) is 2.25. The van der Waals surface area contributed by atoms with Crippen molar-refractivity contribution in [1.29, 1.82) is 0 Å². The van der Waals surface area contributed by atoms with Crippen LogP contribution in [0.3, 0.4) is 0 Å². The number of aliphatic hydroxyl groups is 6. The lowest BCUT2D eigenvalue weighted by atomic mass is 9.92. The number of aliphatic hydroxyl groups excluding tert-OH is 6. The van der Waals surface area contributed by atoms with Gasteiger partial charge in [-0.15, -0.1) is 11.3 Å². The molecule has 0 radical (unpaired) electrons. The summed E-state index contributed by atoms with van der Waals surface area (Å²) in [5.74, 6) is -7.26. The number of aliphatic carboxylic acids is 1. The Kier molecular flexibility index (Phi) is 34.8. The molecule has 3 rings (SSSR count). The summed E-state index contributed by atoms with van der Waals surface area (Å²) in [4.78, 5) is 126. The van der Waals surface area contributed by atoms with Gasteiger partial charge in [-0.2, -0.15) is 0 Å². The molecule has 13 atom stereocenters. The van der Waals surface area contributed by atoms with E-state index in [1.54, 1.807) is 19.1 Å². The highest BCUT2D eigenvalue weighted by Crippen LogP contribution is 2.30. The summed E-state index contributed by atoms with van der Waals surface area (Å²) in [7, 11) is 4.09. The lowest BCUT2D eigenvalue weighted by Crippen LogP contribution is -2.59. The second-order valence-corrected chi connectivity index (χ2v) is 26.2. The first kappa shape index (κ1) is 77.3. The van der Waals surface area contributed by atoms with Crippen molar-refractivity contribution in [2.24, 2.45) is 23.7 Å². The molecule has 0 aliphatic carbocycles. The molecule has 14 N–H and O–H groups in total. The number of thiazole rings is 1. The first-order valence-corrected chi connectivity index (χ1v) is 33.3. The number of carbonyl (C=O) groups is 9. The fraction of sp³-hybridized carbons (Fsp3) is 0.690. The van der Waals surface area contributed by atoms with Crippen molar-refractivity contribution in [3.05, 3.63) is 45.9 Å². The molecule has 31 heteroatoms. The van der Waals surface area contributed by atoms with E-state index in [9.17, 15) is 78.9 Å². The Labute approximate surface area is 531 Å². The predicted molar refractivity (Wildman–Crippen MR) is 331 cm³/mol. The normalized spacial score (nSPS) is 17.5. The number of carboxylic acids is 1. The minimum atomic E-state index is -1.88. The molecular weight excluding hydrogens is 1220 g/mol. The van der Waals surface area contributed by atoms with Crippen LogP contribution in [0.25, 0.3) is 0 Å². The van der Waals surface area contributed by atoms with Gasteiger partial charge in [-0.3, -0.25) is 43.9 Å². The summed E-state index contributed by atoms with van der Waals surface area (Å²) < 4.78 is 10.8. The molecule has 1 aliphatic rings. The number of likely N-dealkylation sites (tertiary alicyclic amines) is 1. The third kappa shape index (κ3) is 26.8. The van der Waals surface area contributed by atoms with Crippen molar-refractivity contribution in [3.63, 3.8) is 0 Å². The van der Waals surface area contributed by atoms with Gasteiger partial charge in [-0.1, -0.05) is 95.0 Å². The molecule has 1 saturated heterocycles. The second kappa shape index (κ2) is 40.1. The van der Waals surface area contributed by atoms with Gasteiger partial charge in [0.2, 0.25) is 29.5 Å². The summed E-state index contributed by atoms with van der Waals surface area (Å²) in [6, 6.07) is 2.11. The number of aromatic hydroxyl groups is 1. The number of phenolic OH excluding ortho intramolecular Hbond substituents is 1. The number of hydrogen-bond acceptors (Lipinski definition) is 23. The molecule has 0 spiro atoms. The van der Waals surface area contributed by atoms with Gasteiger partial charge in [0.25, 0.3) is 5.91 Å². The number of likely N-dealkylation sites (N-methyl/N-ethyl adjacent to an activating group) is 1. The highest BCUT2D eigenvalue weighted by atomic mass is 33.1. The minimum absolute atomic E-state index is 0.0124. The van der Waals surface area contributed by atoms with Crippen molar-refractivity contribution in [3.8, 4) is 5.75 Å². The molecule has 28 nitrogen and oxygen atoms in total.